The quantitative estimate of drug-likeness (QED) is 0.435. The van der Waals surface area contributed by atoms with Gasteiger partial charge in [-0.2, -0.15) is 18.2 Å². The van der Waals surface area contributed by atoms with Crippen LogP contribution in [-0.4, -0.2) is 34.9 Å². The smallest absolute Gasteiger partial charge is 0.416 e. The Labute approximate surface area is 203 Å². The van der Waals surface area contributed by atoms with Gasteiger partial charge in [0.05, 0.1) is 12.1 Å². The summed E-state index contributed by atoms with van der Waals surface area (Å²) in [7, 11) is 0. The van der Waals surface area contributed by atoms with Crippen molar-refractivity contribution in [1.29, 1.82) is 0 Å². The molecule has 12 heteroatoms. The molecule has 2 heterocycles. The molecule has 0 bridgehead atoms. The van der Waals surface area contributed by atoms with E-state index in [1.807, 2.05) is 0 Å². The Morgan fingerprint density at radius 3 is 2.75 bits per heavy atom. The first-order valence-corrected chi connectivity index (χ1v) is 10.6. The van der Waals surface area contributed by atoms with Gasteiger partial charge >= 0.3 is 6.18 Å². The van der Waals surface area contributed by atoms with Crippen molar-refractivity contribution in [3.63, 3.8) is 0 Å². The number of amides is 2. The number of rotatable bonds is 6. The molecule has 0 saturated heterocycles. The highest BCUT2D eigenvalue weighted by atomic mass is 19.4. The average Bonchev–Trinajstić information content (AvgIpc) is 2.83. The lowest BCUT2D eigenvalue weighted by Gasteiger charge is -2.20. The van der Waals surface area contributed by atoms with Crippen LogP contribution in [0.1, 0.15) is 27.0 Å². The van der Waals surface area contributed by atoms with Crippen molar-refractivity contribution >= 4 is 29.4 Å². The summed E-state index contributed by atoms with van der Waals surface area (Å²) in [6.45, 7) is 2.73. The molecule has 0 unspecified atom stereocenters. The van der Waals surface area contributed by atoms with Crippen molar-refractivity contribution in [2.75, 3.05) is 23.8 Å². The maximum atomic E-state index is 13.4. The lowest BCUT2D eigenvalue weighted by atomic mass is 10.1. The van der Waals surface area contributed by atoms with E-state index in [4.69, 9.17) is 15.2 Å². The first-order chi connectivity index (χ1) is 17.1. The van der Waals surface area contributed by atoms with Crippen LogP contribution in [0.25, 0.3) is 6.08 Å². The summed E-state index contributed by atoms with van der Waals surface area (Å²) < 4.78 is 51.6. The molecule has 9 nitrogen and oxygen atoms in total. The molecule has 1 aliphatic heterocycles. The number of alkyl halides is 3. The summed E-state index contributed by atoms with van der Waals surface area (Å²) in [6.07, 6.45) is -1.31. The zero-order chi connectivity index (χ0) is 25.9. The zero-order valence-electron chi connectivity index (χ0n) is 18.8. The van der Waals surface area contributed by atoms with Crippen LogP contribution in [0.2, 0.25) is 0 Å². The number of fused-ring (bicyclic) bond motifs is 1. The first kappa shape index (κ1) is 24.5. The number of hydrogen-bond acceptors (Lipinski definition) is 7. The number of halogens is 3. The van der Waals surface area contributed by atoms with Crippen molar-refractivity contribution in [3.8, 4) is 17.4 Å². The molecule has 0 radical (unpaired) electrons. The first-order valence-electron chi connectivity index (χ1n) is 10.6. The number of aromatic nitrogens is 2. The second-order valence-electron chi connectivity index (χ2n) is 7.75. The summed E-state index contributed by atoms with van der Waals surface area (Å²) in [5, 5.41) is 5.52. The van der Waals surface area contributed by atoms with E-state index in [0.29, 0.717) is 36.0 Å². The van der Waals surface area contributed by atoms with Crippen molar-refractivity contribution < 1.29 is 32.2 Å². The van der Waals surface area contributed by atoms with Crippen LogP contribution in [0.15, 0.2) is 48.8 Å². The normalized spacial score (nSPS) is 12.9. The van der Waals surface area contributed by atoms with E-state index in [2.05, 4.69) is 20.6 Å². The van der Waals surface area contributed by atoms with Crippen LogP contribution in [0.5, 0.6) is 17.4 Å². The third kappa shape index (κ3) is 5.71. The monoisotopic (exact) mass is 499 g/mol. The Balaban J connectivity index is 1.60. The summed E-state index contributed by atoms with van der Waals surface area (Å²) >= 11 is 0. The van der Waals surface area contributed by atoms with Gasteiger partial charge in [-0.05, 0) is 54.5 Å². The second kappa shape index (κ2) is 9.94. The molecular weight excluding hydrogens is 479 g/mol. The Bertz CT molecular complexity index is 1360. The Morgan fingerprint density at radius 2 is 2.00 bits per heavy atom. The average molecular weight is 499 g/mol. The van der Waals surface area contributed by atoms with E-state index in [-0.39, 0.29) is 22.7 Å². The molecule has 4 N–H and O–H groups in total. The molecule has 1 aromatic heterocycles. The van der Waals surface area contributed by atoms with E-state index in [9.17, 15) is 22.8 Å². The topological polar surface area (TPSA) is 128 Å². The summed E-state index contributed by atoms with van der Waals surface area (Å²) in [6, 6.07) is 7.50. The highest BCUT2D eigenvalue weighted by Gasteiger charge is 2.31. The van der Waals surface area contributed by atoms with E-state index in [1.165, 1.54) is 24.5 Å². The van der Waals surface area contributed by atoms with Crippen LogP contribution in [0.4, 0.5) is 24.7 Å². The maximum absolute atomic E-state index is 13.4. The lowest BCUT2D eigenvalue weighted by molar-refractivity contribution is -0.137. The minimum absolute atomic E-state index is 0.0361. The third-order valence-electron chi connectivity index (χ3n) is 5.05. The molecule has 36 heavy (non-hydrogen) atoms. The highest BCUT2D eigenvalue weighted by molar-refractivity contribution is 6.04. The predicted octanol–water partition coefficient (Wildman–Crippen LogP) is 4.15. The largest absolute Gasteiger partial charge is 0.483 e. The molecule has 0 saturated carbocycles. The molecule has 4 rings (SSSR count). The molecule has 0 fully saturated rings. The van der Waals surface area contributed by atoms with Gasteiger partial charge in [-0.1, -0.05) is 6.07 Å². The zero-order valence-corrected chi connectivity index (χ0v) is 18.8. The van der Waals surface area contributed by atoms with Gasteiger partial charge in [-0.15, -0.1) is 0 Å². The summed E-state index contributed by atoms with van der Waals surface area (Å²) in [4.78, 5) is 32.1. The van der Waals surface area contributed by atoms with Crippen molar-refractivity contribution in [1.82, 2.24) is 9.97 Å². The molecule has 186 valence electrons. The fourth-order valence-corrected chi connectivity index (χ4v) is 3.33. The van der Waals surface area contributed by atoms with E-state index < -0.39 is 23.6 Å². The van der Waals surface area contributed by atoms with Gasteiger partial charge in [-0.3, -0.25) is 9.59 Å². The maximum Gasteiger partial charge on any atom is 0.416 e. The van der Waals surface area contributed by atoms with Gasteiger partial charge in [0.25, 0.3) is 11.8 Å². The van der Waals surface area contributed by atoms with Crippen molar-refractivity contribution in [2.24, 2.45) is 5.73 Å². The number of carbonyl (C=O) groups is 2. The minimum Gasteiger partial charge on any atom is -0.483 e. The number of nitrogens with one attached hydrogen (secondary N) is 2. The van der Waals surface area contributed by atoms with Gasteiger partial charge in [0.15, 0.2) is 5.82 Å². The Hall–Kier alpha value is -4.61. The van der Waals surface area contributed by atoms with Crippen LogP contribution < -0.4 is 25.8 Å². The number of anilines is 2. The molecule has 0 spiro atoms. The number of benzene rings is 2. The second-order valence-corrected chi connectivity index (χ2v) is 7.75. The molecule has 0 aliphatic carbocycles. The minimum atomic E-state index is -4.67. The highest BCUT2D eigenvalue weighted by Crippen LogP contribution is 2.37. The van der Waals surface area contributed by atoms with Gasteiger partial charge in [-0.25, -0.2) is 4.98 Å². The standard InChI is InChI=1S/C24H20F3N5O4/c1-13-2-4-15(10-18(13)36-23-20-21(30-12-31-23)29-6-7-35-20)22(34)32-17-9-14(3-5-19(28)33)8-16(11-17)24(25,26)27/h2-5,8-12H,6-7H2,1H3,(H2,28,33)(H,32,34)(H,29,30,31)/b5-3+. The number of ether oxygens (including phenoxy) is 2. The van der Waals surface area contributed by atoms with Gasteiger partial charge in [0.2, 0.25) is 11.7 Å². The van der Waals surface area contributed by atoms with Crippen LogP contribution >= 0.6 is 0 Å². The summed E-state index contributed by atoms with van der Waals surface area (Å²) in [5.41, 5.74) is 4.76. The van der Waals surface area contributed by atoms with Crippen LogP contribution in [0, 0.1) is 6.92 Å². The molecule has 0 atom stereocenters. The van der Waals surface area contributed by atoms with Crippen LogP contribution in [0.3, 0.4) is 0 Å². The van der Waals surface area contributed by atoms with Crippen molar-refractivity contribution in [2.45, 2.75) is 13.1 Å². The number of primary amides is 1. The fraction of sp³-hybridized carbons (Fsp3) is 0.167. The number of hydrogen-bond donors (Lipinski definition) is 3. The molecule has 3 aromatic rings. The van der Waals surface area contributed by atoms with Crippen molar-refractivity contribution in [3.05, 3.63) is 71.1 Å². The molecular formula is C24H20F3N5O4. The van der Waals surface area contributed by atoms with Gasteiger partial charge in [0, 0.05) is 17.3 Å². The van der Waals surface area contributed by atoms with Crippen LogP contribution in [-0.2, 0) is 11.0 Å². The lowest BCUT2D eigenvalue weighted by Crippen LogP contribution is -2.19. The van der Waals surface area contributed by atoms with E-state index in [0.717, 1.165) is 24.3 Å². The predicted molar refractivity (Wildman–Crippen MR) is 125 cm³/mol. The molecule has 2 amide bonds. The van der Waals surface area contributed by atoms with Gasteiger partial charge < -0.3 is 25.8 Å². The number of nitrogens with zero attached hydrogens (tertiary/aromatic N) is 2. The third-order valence-corrected chi connectivity index (χ3v) is 5.05. The SMILES string of the molecule is Cc1ccc(C(=O)Nc2cc(/C=C/C(N)=O)cc(C(F)(F)F)c2)cc1Oc1ncnc2c1OCCN2. The van der Waals surface area contributed by atoms with E-state index >= 15 is 0 Å². The number of aryl methyl sites for hydroxylation is 1. The van der Waals surface area contributed by atoms with Gasteiger partial charge in [0.1, 0.15) is 18.7 Å². The molecule has 1 aliphatic rings. The summed E-state index contributed by atoms with van der Waals surface area (Å²) in [5.74, 6) is -0.242. The Morgan fingerprint density at radius 1 is 1.19 bits per heavy atom. The van der Waals surface area contributed by atoms with E-state index in [1.54, 1.807) is 13.0 Å². The fourth-order valence-electron chi connectivity index (χ4n) is 3.33. The Kier molecular flexibility index (Phi) is 6.77. The molecule has 2 aromatic carbocycles. The number of nitrogens with two attached hydrogens (primary N) is 1. The number of carbonyl (C=O) groups excluding carboxylic acids is 2.